The SMILES string of the molecule is Cc1nc(N(C)C)nc(NCCC2CCCN2C)c1C. The number of aryl methyl sites for hydroxylation is 1. The monoisotopic (exact) mass is 277 g/mol. The summed E-state index contributed by atoms with van der Waals surface area (Å²) in [5.41, 5.74) is 2.19. The molecule has 1 atom stereocenters. The summed E-state index contributed by atoms with van der Waals surface area (Å²) in [5, 5.41) is 3.49. The van der Waals surface area contributed by atoms with E-state index in [0.29, 0.717) is 0 Å². The highest BCUT2D eigenvalue weighted by atomic mass is 15.2. The summed E-state index contributed by atoms with van der Waals surface area (Å²) in [5.74, 6) is 1.75. The Morgan fingerprint density at radius 3 is 2.65 bits per heavy atom. The molecule has 0 aliphatic carbocycles. The maximum atomic E-state index is 4.61. The van der Waals surface area contributed by atoms with Crippen molar-refractivity contribution in [3.8, 4) is 0 Å². The minimum Gasteiger partial charge on any atom is -0.370 e. The van der Waals surface area contributed by atoms with E-state index in [2.05, 4.69) is 34.2 Å². The quantitative estimate of drug-likeness (QED) is 0.892. The van der Waals surface area contributed by atoms with Crippen LogP contribution in [0.5, 0.6) is 0 Å². The molecule has 0 amide bonds. The van der Waals surface area contributed by atoms with Gasteiger partial charge in [0, 0.05) is 37.9 Å². The minimum absolute atomic E-state index is 0.721. The summed E-state index contributed by atoms with van der Waals surface area (Å²) in [6, 6.07) is 0.721. The van der Waals surface area contributed by atoms with Crippen LogP contribution in [0.25, 0.3) is 0 Å². The maximum absolute atomic E-state index is 4.61. The second-order valence-corrected chi connectivity index (χ2v) is 5.97. The number of hydrogen-bond donors (Lipinski definition) is 1. The summed E-state index contributed by atoms with van der Waals surface area (Å²) < 4.78 is 0. The third-order valence-corrected chi connectivity index (χ3v) is 4.22. The van der Waals surface area contributed by atoms with Gasteiger partial charge in [0.25, 0.3) is 0 Å². The van der Waals surface area contributed by atoms with Gasteiger partial charge >= 0.3 is 0 Å². The zero-order valence-electron chi connectivity index (χ0n) is 13.4. The van der Waals surface area contributed by atoms with Crippen molar-refractivity contribution in [3.63, 3.8) is 0 Å². The Labute approximate surface area is 122 Å². The highest BCUT2D eigenvalue weighted by molar-refractivity contribution is 5.50. The van der Waals surface area contributed by atoms with E-state index in [9.17, 15) is 0 Å². The molecule has 1 fully saturated rings. The van der Waals surface area contributed by atoms with Gasteiger partial charge in [-0.3, -0.25) is 0 Å². The second-order valence-electron chi connectivity index (χ2n) is 5.97. The normalized spacial score (nSPS) is 19.4. The van der Waals surface area contributed by atoms with Crippen LogP contribution in [0.1, 0.15) is 30.5 Å². The molecule has 1 aliphatic heterocycles. The zero-order valence-corrected chi connectivity index (χ0v) is 13.4. The topological polar surface area (TPSA) is 44.3 Å². The average Bonchev–Trinajstić information content (AvgIpc) is 2.80. The smallest absolute Gasteiger partial charge is 0.227 e. The minimum atomic E-state index is 0.721. The average molecular weight is 277 g/mol. The van der Waals surface area contributed by atoms with Gasteiger partial charge in [-0.2, -0.15) is 4.98 Å². The van der Waals surface area contributed by atoms with E-state index in [1.165, 1.54) is 25.8 Å². The van der Waals surface area contributed by atoms with Gasteiger partial charge in [0.15, 0.2) is 0 Å². The molecule has 1 aliphatic rings. The molecule has 1 unspecified atom stereocenters. The van der Waals surface area contributed by atoms with Crippen molar-refractivity contribution in [2.45, 2.75) is 39.2 Å². The summed E-state index contributed by atoms with van der Waals surface area (Å²) in [6.45, 7) is 6.33. The molecule has 1 aromatic rings. The molecule has 20 heavy (non-hydrogen) atoms. The van der Waals surface area contributed by atoms with Gasteiger partial charge in [0.2, 0.25) is 5.95 Å². The van der Waals surface area contributed by atoms with Crippen molar-refractivity contribution in [2.24, 2.45) is 0 Å². The van der Waals surface area contributed by atoms with E-state index >= 15 is 0 Å². The number of rotatable bonds is 5. The Balaban J connectivity index is 1.98. The molecule has 5 heteroatoms. The molecule has 0 radical (unpaired) electrons. The Morgan fingerprint density at radius 1 is 1.30 bits per heavy atom. The molecule has 0 aromatic carbocycles. The summed E-state index contributed by atoms with van der Waals surface area (Å²) in [7, 11) is 6.17. The Hall–Kier alpha value is -1.36. The number of aromatic nitrogens is 2. The molecule has 0 bridgehead atoms. The van der Waals surface area contributed by atoms with Crippen LogP contribution in [0.3, 0.4) is 0 Å². The van der Waals surface area contributed by atoms with Crippen molar-refractivity contribution in [1.29, 1.82) is 0 Å². The molecule has 5 nitrogen and oxygen atoms in total. The van der Waals surface area contributed by atoms with Crippen LogP contribution in [-0.2, 0) is 0 Å². The second kappa shape index (κ2) is 6.39. The molecule has 1 N–H and O–H groups in total. The van der Waals surface area contributed by atoms with Gasteiger partial charge in [-0.15, -0.1) is 0 Å². The lowest BCUT2D eigenvalue weighted by Gasteiger charge is -2.20. The van der Waals surface area contributed by atoms with Gasteiger partial charge in [-0.25, -0.2) is 4.98 Å². The number of hydrogen-bond acceptors (Lipinski definition) is 5. The first-order valence-electron chi connectivity index (χ1n) is 7.45. The molecule has 112 valence electrons. The first-order chi connectivity index (χ1) is 9.49. The summed E-state index contributed by atoms with van der Waals surface area (Å²) >= 11 is 0. The van der Waals surface area contributed by atoms with Crippen LogP contribution < -0.4 is 10.2 Å². The van der Waals surface area contributed by atoms with Gasteiger partial charge in [0.1, 0.15) is 5.82 Å². The van der Waals surface area contributed by atoms with Crippen LogP contribution in [0, 0.1) is 13.8 Å². The molecule has 0 spiro atoms. The van der Waals surface area contributed by atoms with Crippen LogP contribution >= 0.6 is 0 Å². The van der Waals surface area contributed by atoms with Crippen LogP contribution in [0.4, 0.5) is 11.8 Å². The fourth-order valence-corrected chi connectivity index (χ4v) is 2.69. The highest BCUT2D eigenvalue weighted by Crippen LogP contribution is 2.20. The molecular formula is C15H27N5. The van der Waals surface area contributed by atoms with Crippen LogP contribution in [0.15, 0.2) is 0 Å². The van der Waals surface area contributed by atoms with E-state index in [1.54, 1.807) is 0 Å². The highest BCUT2D eigenvalue weighted by Gasteiger charge is 2.20. The third kappa shape index (κ3) is 3.39. The molecule has 2 heterocycles. The van der Waals surface area contributed by atoms with Crippen molar-refractivity contribution < 1.29 is 0 Å². The number of anilines is 2. The lowest BCUT2D eigenvalue weighted by atomic mass is 10.1. The lowest BCUT2D eigenvalue weighted by molar-refractivity contribution is 0.301. The van der Waals surface area contributed by atoms with E-state index in [1.807, 2.05) is 25.9 Å². The number of nitrogens with one attached hydrogen (secondary N) is 1. The predicted molar refractivity (Wildman–Crippen MR) is 84.6 cm³/mol. The summed E-state index contributed by atoms with van der Waals surface area (Å²) in [4.78, 5) is 13.5. The van der Waals surface area contributed by atoms with E-state index in [4.69, 9.17) is 0 Å². The molecular weight excluding hydrogens is 250 g/mol. The predicted octanol–water partition coefficient (Wildman–Crippen LogP) is 2.06. The lowest BCUT2D eigenvalue weighted by Crippen LogP contribution is -2.27. The van der Waals surface area contributed by atoms with E-state index < -0.39 is 0 Å². The Morgan fingerprint density at radius 2 is 2.05 bits per heavy atom. The van der Waals surface area contributed by atoms with E-state index in [0.717, 1.165) is 35.6 Å². The fraction of sp³-hybridized carbons (Fsp3) is 0.733. The maximum Gasteiger partial charge on any atom is 0.227 e. The Kier molecular flexibility index (Phi) is 4.81. The number of nitrogens with zero attached hydrogens (tertiary/aromatic N) is 4. The summed E-state index contributed by atoms with van der Waals surface area (Å²) in [6.07, 6.45) is 3.83. The molecule has 1 saturated heterocycles. The molecule has 1 aromatic heterocycles. The van der Waals surface area contributed by atoms with Crippen molar-refractivity contribution in [3.05, 3.63) is 11.3 Å². The van der Waals surface area contributed by atoms with Gasteiger partial charge < -0.3 is 15.1 Å². The van der Waals surface area contributed by atoms with Gasteiger partial charge in [0.05, 0.1) is 0 Å². The standard InChI is InChI=1S/C15H27N5/c1-11-12(2)17-15(19(3)4)18-14(11)16-9-8-13-7-6-10-20(13)5/h13H,6-10H2,1-5H3,(H,16,17,18). The fourth-order valence-electron chi connectivity index (χ4n) is 2.69. The van der Waals surface area contributed by atoms with Gasteiger partial charge in [-0.05, 0) is 46.7 Å². The van der Waals surface area contributed by atoms with Crippen LogP contribution in [-0.4, -0.2) is 55.1 Å². The van der Waals surface area contributed by atoms with E-state index in [-0.39, 0.29) is 0 Å². The third-order valence-electron chi connectivity index (χ3n) is 4.22. The first-order valence-corrected chi connectivity index (χ1v) is 7.45. The van der Waals surface area contributed by atoms with Crippen LogP contribution in [0.2, 0.25) is 0 Å². The van der Waals surface area contributed by atoms with Crippen molar-refractivity contribution >= 4 is 11.8 Å². The zero-order chi connectivity index (χ0) is 14.7. The van der Waals surface area contributed by atoms with Gasteiger partial charge in [-0.1, -0.05) is 0 Å². The first kappa shape index (κ1) is 15.0. The van der Waals surface area contributed by atoms with Crippen molar-refractivity contribution in [2.75, 3.05) is 44.4 Å². The number of likely N-dealkylation sites (tertiary alicyclic amines) is 1. The molecule has 2 rings (SSSR count). The van der Waals surface area contributed by atoms with Crippen molar-refractivity contribution in [1.82, 2.24) is 14.9 Å². The Bertz CT molecular complexity index is 458. The molecule has 0 saturated carbocycles. The largest absolute Gasteiger partial charge is 0.370 e.